The van der Waals surface area contributed by atoms with Crippen molar-refractivity contribution in [1.29, 1.82) is 0 Å². The van der Waals surface area contributed by atoms with Gasteiger partial charge in [-0.25, -0.2) is 0 Å². The van der Waals surface area contributed by atoms with Crippen molar-refractivity contribution in [2.75, 3.05) is 0 Å². The third kappa shape index (κ3) is 4.60. The summed E-state index contributed by atoms with van der Waals surface area (Å²) in [6.45, 7) is 5.31. The van der Waals surface area contributed by atoms with Gasteiger partial charge in [-0.05, 0) is 50.1 Å². The van der Waals surface area contributed by atoms with Crippen molar-refractivity contribution in [2.45, 2.75) is 33.4 Å². The minimum Gasteiger partial charge on any atom is -0.481 e. The third-order valence-corrected chi connectivity index (χ3v) is 4.61. The largest absolute Gasteiger partial charge is 0.481 e. The fourth-order valence-corrected chi connectivity index (χ4v) is 2.79. The van der Waals surface area contributed by atoms with Gasteiger partial charge in [0.15, 0.2) is 6.10 Å². The lowest BCUT2D eigenvalue weighted by atomic mass is 10.1. The second-order valence-electron chi connectivity index (χ2n) is 6.68. The lowest BCUT2D eigenvalue weighted by molar-refractivity contribution is -0.133. The molecule has 1 aromatic heterocycles. The molecule has 0 radical (unpaired) electrons. The standard InChI is InChI=1S/C21H22N4O4/c1-13-7-6-10-19(14(13)2)29-15(3)21(28)24-23-20(27)12-25-17-9-5-4-8-16(17)18(26)11-22-25/h4-11,15H,12H2,1-3H3,(H,23,27)(H,24,28)/t15-/m0/s1. The number of hydrazine groups is 1. The van der Waals surface area contributed by atoms with E-state index in [4.69, 9.17) is 4.74 Å². The summed E-state index contributed by atoms with van der Waals surface area (Å²) in [5.41, 5.74) is 7.02. The number of nitrogens with zero attached hydrogens (tertiary/aromatic N) is 2. The number of hydrogen-bond donors (Lipinski definition) is 2. The monoisotopic (exact) mass is 394 g/mol. The molecule has 0 aliphatic rings. The molecule has 1 heterocycles. The van der Waals surface area contributed by atoms with E-state index in [1.165, 1.54) is 4.68 Å². The van der Waals surface area contributed by atoms with E-state index >= 15 is 0 Å². The Morgan fingerprint density at radius 2 is 1.86 bits per heavy atom. The summed E-state index contributed by atoms with van der Waals surface area (Å²) in [5, 5.41) is 4.46. The van der Waals surface area contributed by atoms with Crippen LogP contribution in [0.4, 0.5) is 0 Å². The first-order valence-electron chi connectivity index (χ1n) is 9.13. The lowest BCUT2D eigenvalue weighted by Crippen LogP contribution is -2.48. The van der Waals surface area contributed by atoms with E-state index in [1.807, 2.05) is 26.0 Å². The first-order valence-corrected chi connectivity index (χ1v) is 9.13. The zero-order valence-electron chi connectivity index (χ0n) is 16.4. The van der Waals surface area contributed by atoms with Crippen LogP contribution in [0.25, 0.3) is 10.9 Å². The van der Waals surface area contributed by atoms with Crippen LogP contribution in [0.1, 0.15) is 18.1 Å². The Bertz CT molecular complexity index is 1120. The maximum absolute atomic E-state index is 12.2. The molecule has 150 valence electrons. The van der Waals surface area contributed by atoms with Gasteiger partial charge in [-0.2, -0.15) is 5.10 Å². The molecule has 2 amide bonds. The van der Waals surface area contributed by atoms with Crippen LogP contribution in [0.5, 0.6) is 5.75 Å². The topological polar surface area (TPSA) is 102 Å². The summed E-state index contributed by atoms with van der Waals surface area (Å²) in [6, 6.07) is 12.5. The number of nitrogens with one attached hydrogen (secondary N) is 2. The fourth-order valence-electron chi connectivity index (χ4n) is 2.79. The lowest BCUT2D eigenvalue weighted by Gasteiger charge is -2.17. The van der Waals surface area contributed by atoms with E-state index in [9.17, 15) is 14.4 Å². The number of aryl methyl sites for hydroxylation is 1. The van der Waals surface area contributed by atoms with Crippen LogP contribution in [0.15, 0.2) is 53.5 Å². The average Bonchev–Trinajstić information content (AvgIpc) is 2.72. The average molecular weight is 394 g/mol. The van der Waals surface area contributed by atoms with E-state index in [0.29, 0.717) is 16.7 Å². The Hall–Kier alpha value is -3.68. The van der Waals surface area contributed by atoms with Gasteiger partial charge >= 0.3 is 0 Å². The molecule has 0 saturated heterocycles. The van der Waals surface area contributed by atoms with E-state index in [-0.39, 0.29) is 12.0 Å². The van der Waals surface area contributed by atoms with Gasteiger partial charge in [0, 0.05) is 5.39 Å². The Balaban J connectivity index is 1.59. The van der Waals surface area contributed by atoms with Crippen LogP contribution >= 0.6 is 0 Å². The van der Waals surface area contributed by atoms with Gasteiger partial charge in [-0.1, -0.05) is 24.3 Å². The molecule has 0 saturated carbocycles. The number of amides is 2. The highest BCUT2D eigenvalue weighted by molar-refractivity contribution is 5.85. The second kappa shape index (κ2) is 8.55. The second-order valence-corrected chi connectivity index (χ2v) is 6.68. The number of para-hydroxylation sites is 1. The van der Waals surface area contributed by atoms with Crippen molar-refractivity contribution in [3.8, 4) is 5.75 Å². The molecule has 0 unspecified atom stereocenters. The maximum Gasteiger partial charge on any atom is 0.279 e. The van der Waals surface area contributed by atoms with Gasteiger partial charge in [-0.15, -0.1) is 0 Å². The Morgan fingerprint density at radius 3 is 2.66 bits per heavy atom. The number of ether oxygens (including phenoxy) is 1. The molecule has 8 nitrogen and oxygen atoms in total. The highest BCUT2D eigenvalue weighted by atomic mass is 16.5. The molecular weight excluding hydrogens is 372 g/mol. The number of aromatic nitrogens is 2. The van der Waals surface area contributed by atoms with Crippen molar-refractivity contribution in [3.05, 3.63) is 70.0 Å². The Kier molecular flexibility index (Phi) is 5.92. The molecule has 0 aliphatic heterocycles. The first kappa shape index (κ1) is 20.1. The number of carbonyl (C=O) groups is 2. The summed E-state index contributed by atoms with van der Waals surface area (Å²) in [4.78, 5) is 36.3. The molecule has 2 N–H and O–H groups in total. The summed E-state index contributed by atoms with van der Waals surface area (Å²) in [6.07, 6.45) is 0.357. The zero-order chi connectivity index (χ0) is 21.0. The fraction of sp³-hybridized carbons (Fsp3) is 0.238. The molecule has 1 atom stereocenters. The number of hydrogen-bond acceptors (Lipinski definition) is 5. The molecule has 0 fully saturated rings. The van der Waals surface area contributed by atoms with E-state index in [1.54, 1.807) is 37.3 Å². The molecule has 2 aromatic carbocycles. The minimum absolute atomic E-state index is 0.159. The van der Waals surface area contributed by atoms with Crippen molar-refractivity contribution < 1.29 is 14.3 Å². The number of benzene rings is 2. The van der Waals surface area contributed by atoms with Crippen LogP contribution in [0.2, 0.25) is 0 Å². The third-order valence-electron chi connectivity index (χ3n) is 4.61. The summed E-state index contributed by atoms with van der Waals surface area (Å²) in [5.74, 6) is -0.363. The van der Waals surface area contributed by atoms with Gasteiger partial charge in [0.05, 0.1) is 11.7 Å². The molecule has 3 aromatic rings. The van der Waals surface area contributed by atoms with Crippen LogP contribution in [0.3, 0.4) is 0 Å². The number of rotatable bonds is 5. The highest BCUT2D eigenvalue weighted by Gasteiger charge is 2.17. The smallest absolute Gasteiger partial charge is 0.279 e. The van der Waals surface area contributed by atoms with E-state index in [0.717, 1.165) is 17.3 Å². The molecule has 3 rings (SSSR count). The van der Waals surface area contributed by atoms with Gasteiger partial charge in [0.1, 0.15) is 12.3 Å². The minimum atomic E-state index is -0.804. The molecule has 8 heteroatoms. The van der Waals surface area contributed by atoms with Crippen molar-refractivity contribution >= 4 is 22.7 Å². The summed E-state index contributed by atoms with van der Waals surface area (Å²) >= 11 is 0. The first-order chi connectivity index (χ1) is 13.9. The number of fused-ring (bicyclic) bond motifs is 1. The van der Waals surface area contributed by atoms with Crippen LogP contribution in [-0.2, 0) is 16.1 Å². The Labute approximate surface area is 167 Å². The normalized spacial score (nSPS) is 11.7. The van der Waals surface area contributed by atoms with Crippen molar-refractivity contribution in [2.24, 2.45) is 0 Å². The van der Waals surface area contributed by atoms with Crippen LogP contribution in [0, 0.1) is 13.8 Å². The quantitative estimate of drug-likeness (QED) is 0.641. The highest BCUT2D eigenvalue weighted by Crippen LogP contribution is 2.21. The Morgan fingerprint density at radius 1 is 1.10 bits per heavy atom. The molecule has 29 heavy (non-hydrogen) atoms. The van der Waals surface area contributed by atoms with Gasteiger partial charge < -0.3 is 4.74 Å². The van der Waals surface area contributed by atoms with Gasteiger partial charge in [-0.3, -0.25) is 29.9 Å². The van der Waals surface area contributed by atoms with E-state index in [2.05, 4.69) is 16.0 Å². The van der Waals surface area contributed by atoms with Crippen LogP contribution < -0.4 is 21.0 Å². The number of carbonyl (C=O) groups excluding carboxylic acids is 2. The molecule has 0 bridgehead atoms. The predicted octanol–water partition coefficient (Wildman–Crippen LogP) is 1.63. The predicted molar refractivity (Wildman–Crippen MR) is 108 cm³/mol. The summed E-state index contributed by atoms with van der Waals surface area (Å²) < 4.78 is 7.09. The zero-order valence-corrected chi connectivity index (χ0v) is 16.4. The van der Waals surface area contributed by atoms with Crippen molar-refractivity contribution in [3.63, 3.8) is 0 Å². The van der Waals surface area contributed by atoms with Crippen LogP contribution in [-0.4, -0.2) is 27.7 Å². The van der Waals surface area contributed by atoms with E-state index < -0.39 is 17.9 Å². The maximum atomic E-state index is 12.2. The molecular formula is C21H22N4O4. The molecule has 0 aliphatic carbocycles. The van der Waals surface area contributed by atoms with Crippen molar-refractivity contribution in [1.82, 2.24) is 20.6 Å². The van der Waals surface area contributed by atoms with Gasteiger partial charge in [0.2, 0.25) is 5.43 Å². The van der Waals surface area contributed by atoms with Gasteiger partial charge in [0.25, 0.3) is 11.8 Å². The summed E-state index contributed by atoms with van der Waals surface area (Å²) in [7, 11) is 0. The SMILES string of the molecule is Cc1cccc(O[C@@H](C)C(=O)NNC(=O)Cn2ncc(=O)c3ccccc32)c1C. The molecule has 0 spiro atoms.